The summed E-state index contributed by atoms with van der Waals surface area (Å²) in [7, 11) is -0.469. The smallest absolute Gasteiger partial charge is 0.257 e. The molecule has 7 nitrogen and oxygen atoms in total. The number of thiophene rings is 1. The number of hydrogen-bond acceptors (Lipinski definition) is 6. The Balaban J connectivity index is 1.73. The van der Waals surface area contributed by atoms with Crippen molar-refractivity contribution in [3.05, 3.63) is 40.8 Å². The first kappa shape index (κ1) is 19.7. The van der Waals surface area contributed by atoms with Gasteiger partial charge in [-0.15, -0.1) is 11.3 Å². The fraction of sp³-hybridized carbons (Fsp3) is 0.389. The van der Waals surface area contributed by atoms with Crippen LogP contribution in [0.4, 0.5) is 0 Å². The second-order valence-corrected chi connectivity index (χ2v) is 9.58. The van der Waals surface area contributed by atoms with Gasteiger partial charge in [0.2, 0.25) is 0 Å². The van der Waals surface area contributed by atoms with Crippen molar-refractivity contribution in [1.29, 1.82) is 0 Å². The topological polar surface area (TPSA) is 76.2 Å². The van der Waals surface area contributed by atoms with Crippen LogP contribution in [0.3, 0.4) is 0 Å². The average Bonchev–Trinajstić information content (AvgIpc) is 3.14. The number of sulfonamides is 1. The minimum absolute atomic E-state index is 0.199. The summed E-state index contributed by atoms with van der Waals surface area (Å²) in [5.74, 6) is 0.827. The van der Waals surface area contributed by atoms with Gasteiger partial charge in [-0.2, -0.15) is 4.31 Å². The molecule has 0 atom stereocenters. The maximum absolute atomic E-state index is 12.9. The van der Waals surface area contributed by atoms with Crippen molar-refractivity contribution in [2.45, 2.75) is 11.1 Å². The fourth-order valence-corrected chi connectivity index (χ4v) is 5.82. The Hall–Kier alpha value is -2.10. The van der Waals surface area contributed by atoms with E-state index in [2.05, 4.69) is 0 Å². The first-order chi connectivity index (χ1) is 12.9. The number of nitrogens with zero attached hydrogens (tertiary/aromatic N) is 2. The quantitative estimate of drug-likeness (QED) is 0.756. The van der Waals surface area contributed by atoms with Crippen LogP contribution in [-0.2, 0) is 10.0 Å². The third-order valence-corrected chi connectivity index (χ3v) is 7.84. The highest BCUT2D eigenvalue weighted by Gasteiger charge is 2.32. The highest BCUT2D eigenvalue weighted by atomic mass is 32.2. The van der Waals surface area contributed by atoms with Gasteiger partial charge in [-0.05, 0) is 37.3 Å². The second-order valence-electron chi connectivity index (χ2n) is 6.13. The number of carbonyl (C=O) groups is 1. The Bertz CT molecular complexity index is 931. The van der Waals surface area contributed by atoms with Gasteiger partial charge in [0, 0.05) is 31.1 Å². The third kappa shape index (κ3) is 3.95. The molecule has 0 saturated carbocycles. The molecule has 9 heteroatoms. The lowest BCUT2D eigenvalue weighted by atomic mass is 10.1. The lowest BCUT2D eigenvalue weighted by Crippen LogP contribution is -2.50. The molecular weight excluding hydrogens is 388 g/mol. The van der Waals surface area contributed by atoms with Crippen molar-refractivity contribution in [2.24, 2.45) is 0 Å². The zero-order valence-corrected chi connectivity index (χ0v) is 17.1. The molecule has 3 rings (SSSR count). The molecule has 146 valence electrons. The molecule has 0 N–H and O–H groups in total. The monoisotopic (exact) mass is 410 g/mol. The largest absolute Gasteiger partial charge is 0.497 e. The van der Waals surface area contributed by atoms with Crippen LogP contribution < -0.4 is 9.47 Å². The van der Waals surface area contributed by atoms with Crippen LogP contribution in [0.25, 0.3) is 0 Å². The lowest BCUT2D eigenvalue weighted by Gasteiger charge is -2.34. The van der Waals surface area contributed by atoms with Crippen molar-refractivity contribution >= 4 is 27.3 Å². The molecule has 0 bridgehead atoms. The molecule has 1 aromatic carbocycles. The summed E-state index contributed by atoms with van der Waals surface area (Å²) >= 11 is 1.26. The average molecular weight is 411 g/mol. The van der Waals surface area contributed by atoms with Crippen LogP contribution in [0.2, 0.25) is 0 Å². The molecule has 1 aromatic heterocycles. The molecule has 0 aliphatic carbocycles. The number of amides is 1. The summed E-state index contributed by atoms with van der Waals surface area (Å²) in [6.07, 6.45) is 0. The van der Waals surface area contributed by atoms with E-state index in [4.69, 9.17) is 9.47 Å². The molecule has 0 radical (unpaired) electrons. The SMILES string of the molecule is COc1ccc(OC)c(C(=O)N2CCN(S(=O)(=O)c3ccc(C)s3)CC2)c1. The van der Waals surface area contributed by atoms with Gasteiger partial charge >= 0.3 is 0 Å². The molecule has 27 heavy (non-hydrogen) atoms. The predicted molar refractivity (Wildman–Crippen MR) is 103 cm³/mol. The lowest BCUT2D eigenvalue weighted by molar-refractivity contribution is 0.0694. The minimum atomic E-state index is -3.51. The van der Waals surface area contributed by atoms with Gasteiger partial charge in [-0.3, -0.25) is 4.79 Å². The van der Waals surface area contributed by atoms with Crippen molar-refractivity contribution in [2.75, 3.05) is 40.4 Å². The van der Waals surface area contributed by atoms with Crippen molar-refractivity contribution in [3.8, 4) is 11.5 Å². The van der Waals surface area contributed by atoms with Gasteiger partial charge in [0.15, 0.2) is 0 Å². The molecule has 0 unspecified atom stereocenters. The van der Waals surface area contributed by atoms with E-state index < -0.39 is 10.0 Å². The highest BCUT2D eigenvalue weighted by Crippen LogP contribution is 2.28. The summed E-state index contributed by atoms with van der Waals surface area (Å²) in [5, 5.41) is 0. The van der Waals surface area contributed by atoms with Gasteiger partial charge in [-0.25, -0.2) is 8.42 Å². The molecular formula is C18H22N2O5S2. The van der Waals surface area contributed by atoms with Crippen LogP contribution in [0.5, 0.6) is 11.5 Å². The summed E-state index contributed by atoms with van der Waals surface area (Å²) in [6.45, 7) is 3.04. The summed E-state index contributed by atoms with van der Waals surface area (Å²) in [5.41, 5.74) is 0.405. The van der Waals surface area contributed by atoms with E-state index >= 15 is 0 Å². The van der Waals surface area contributed by atoms with E-state index in [1.807, 2.05) is 6.92 Å². The molecule has 2 heterocycles. The van der Waals surface area contributed by atoms with Gasteiger partial charge in [-0.1, -0.05) is 0 Å². The molecule has 1 amide bonds. The second kappa shape index (κ2) is 7.87. The standard InChI is InChI=1S/C18H22N2O5S2/c1-13-4-7-17(26-13)27(22,23)20-10-8-19(9-11-20)18(21)15-12-14(24-2)5-6-16(15)25-3/h4-7,12H,8-11H2,1-3H3. The predicted octanol–water partition coefficient (Wildman–Crippen LogP) is 2.22. The number of methoxy groups -OCH3 is 2. The number of piperazine rings is 1. The molecule has 2 aromatic rings. The van der Waals surface area contributed by atoms with Crippen molar-refractivity contribution in [1.82, 2.24) is 9.21 Å². The van der Waals surface area contributed by atoms with E-state index in [1.54, 1.807) is 35.2 Å². The van der Waals surface area contributed by atoms with Crippen LogP contribution >= 0.6 is 11.3 Å². The fourth-order valence-electron chi connectivity index (χ4n) is 2.96. The maximum atomic E-state index is 12.9. The Labute approximate surface area is 163 Å². The van der Waals surface area contributed by atoms with E-state index in [0.717, 1.165) is 4.88 Å². The number of rotatable bonds is 5. The maximum Gasteiger partial charge on any atom is 0.257 e. The first-order valence-electron chi connectivity index (χ1n) is 8.44. The molecule has 0 spiro atoms. The number of carbonyl (C=O) groups excluding carboxylic acids is 1. The summed E-state index contributed by atoms with van der Waals surface area (Å²) in [4.78, 5) is 15.5. The Morgan fingerprint density at radius 2 is 1.74 bits per heavy atom. The minimum Gasteiger partial charge on any atom is -0.497 e. The van der Waals surface area contributed by atoms with Crippen molar-refractivity contribution < 1.29 is 22.7 Å². The number of aryl methyl sites for hydroxylation is 1. The molecule has 1 aliphatic heterocycles. The number of hydrogen-bond donors (Lipinski definition) is 0. The van der Waals surface area contributed by atoms with Crippen LogP contribution in [-0.4, -0.2) is 63.9 Å². The van der Waals surface area contributed by atoms with Crippen LogP contribution in [0, 0.1) is 6.92 Å². The third-order valence-electron chi connectivity index (χ3n) is 4.47. The van der Waals surface area contributed by atoms with Gasteiger partial charge < -0.3 is 14.4 Å². The zero-order chi connectivity index (χ0) is 19.6. The molecule has 1 saturated heterocycles. The van der Waals surface area contributed by atoms with E-state index in [0.29, 0.717) is 34.4 Å². The van der Waals surface area contributed by atoms with E-state index in [-0.39, 0.29) is 19.0 Å². The molecule has 1 fully saturated rings. The van der Waals surface area contributed by atoms with Gasteiger partial charge in [0.05, 0.1) is 19.8 Å². The summed E-state index contributed by atoms with van der Waals surface area (Å²) in [6, 6.07) is 8.48. The Morgan fingerprint density at radius 3 is 2.30 bits per heavy atom. The zero-order valence-electron chi connectivity index (χ0n) is 15.5. The van der Waals surface area contributed by atoms with E-state index in [1.165, 1.54) is 29.9 Å². The highest BCUT2D eigenvalue weighted by molar-refractivity contribution is 7.91. The van der Waals surface area contributed by atoms with E-state index in [9.17, 15) is 13.2 Å². The van der Waals surface area contributed by atoms with Gasteiger partial charge in [0.25, 0.3) is 15.9 Å². The Morgan fingerprint density at radius 1 is 1.04 bits per heavy atom. The normalized spacial score (nSPS) is 15.6. The molecule has 1 aliphatic rings. The van der Waals surface area contributed by atoms with Crippen LogP contribution in [0.15, 0.2) is 34.5 Å². The first-order valence-corrected chi connectivity index (χ1v) is 10.7. The number of benzene rings is 1. The Kier molecular flexibility index (Phi) is 5.73. The van der Waals surface area contributed by atoms with Crippen LogP contribution in [0.1, 0.15) is 15.2 Å². The van der Waals surface area contributed by atoms with Gasteiger partial charge in [0.1, 0.15) is 15.7 Å². The number of ether oxygens (including phenoxy) is 2. The summed E-state index contributed by atoms with van der Waals surface area (Å²) < 4.78 is 37.7. The van der Waals surface area contributed by atoms with Crippen molar-refractivity contribution in [3.63, 3.8) is 0 Å².